The first kappa shape index (κ1) is 13.3. The van der Waals surface area contributed by atoms with Gasteiger partial charge in [-0.25, -0.2) is 0 Å². The Morgan fingerprint density at radius 3 is 2.72 bits per heavy atom. The molecule has 1 heterocycles. The summed E-state index contributed by atoms with van der Waals surface area (Å²) in [6.07, 6.45) is 3.92. The lowest BCUT2D eigenvalue weighted by molar-refractivity contribution is 0.534. The molecule has 0 aliphatic heterocycles. The number of hydrogen-bond donors (Lipinski definition) is 1. The number of nitrogens with one attached hydrogen (secondary N) is 1. The smallest absolute Gasteiger partial charge is 0.0492 e. The van der Waals surface area contributed by atoms with Gasteiger partial charge in [-0.1, -0.05) is 34.1 Å². The molecule has 0 saturated carbocycles. The number of nitrogens with zero attached hydrogens (tertiary/aromatic N) is 2. The molecule has 2 rings (SSSR count). The molecule has 0 radical (unpaired) electrons. The third-order valence-corrected chi connectivity index (χ3v) is 3.96. The predicted molar refractivity (Wildman–Crippen MR) is 77.5 cm³/mol. The van der Waals surface area contributed by atoms with Crippen LogP contribution >= 0.6 is 15.9 Å². The third kappa shape index (κ3) is 3.00. The highest BCUT2D eigenvalue weighted by molar-refractivity contribution is 9.10. The van der Waals surface area contributed by atoms with Crippen LogP contribution in [-0.2, 0) is 13.5 Å². The fourth-order valence-corrected chi connectivity index (χ4v) is 2.71. The van der Waals surface area contributed by atoms with E-state index in [4.69, 9.17) is 0 Å². The molecular weight excluding hydrogens is 290 g/mol. The van der Waals surface area contributed by atoms with Crippen molar-refractivity contribution in [3.8, 4) is 0 Å². The minimum atomic E-state index is 0.357. The van der Waals surface area contributed by atoms with Crippen LogP contribution in [-0.4, -0.2) is 16.8 Å². The normalized spacial score (nSPS) is 12.6. The van der Waals surface area contributed by atoms with Crippen LogP contribution in [0.5, 0.6) is 0 Å². The maximum absolute atomic E-state index is 4.20. The lowest BCUT2D eigenvalue weighted by Crippen LogP contribution is -2.18. The van der Waals surface area contributed by atoms with E-state index in [-0.39, 0.29) is 0 Å². The standard InChI is InChI=1S/C14H18BrN3/c1-16-14(12-5-3-4-6-13(12)15)8-7-11-9-10-17-18(11)2/h3-6,9-10,14,16H,7-8H2,1-2H3. The highest BCUT2D eigenvalue weighted by Gasteiger charge is 2.12. The van der Waals surface area contributed by atoms with E-state index in [2.05, 4.69) is 50.6 Å². The molecule has 0 aliphatic carbocycles. The van der Waals surface area contributed by atoms with Gasteiger partial charge in [-0.05, 0) is 37.6 Å². The highest BCUT2D eigenvalue weighted by atomic mass is 79.9. The summed E-state index contributed by atoms with van der Waals surface area (Å²) >= 11 is 3.61. The second-order valence-electron chi connectivity index (χ2n) is 4.35. The zero-order chi connectivity index (χ0) is 13.0. The summed E-state index contributed by atoms with van der Waals surface area (Å²) in [6.45, 7) is 0. The third-order valence-electron chi connectivity index (χ3n) is 3.24. The Balaban J connectivity index is 2.07. The molecule has 0 saturated heterocycles. The second-order valence-corrected chi connectivity index (χ2v) is 5.20. The zero-order valence-corrected chi connectivity index (χ0v) is 12.3. The highest BCUT2D eigenvalue weighted by Crippen LogP contribution is 2.26. The molecule has 0 fully saturated rings. The molecule has 0 aliphatic rings. The number of aryl methyl sites for hydroxylation is 2. The monoisotopic (exact) mass is 307 g/mol. The van der Waals surface area contributed by atoms with Crippen LogP contribution < -0.4 is 5.32 Å². The SMILES string of the molecule is CNC(CCc1ccnn1C)c1ccccc1Br. The van der Waals surface area contributed by atoms with Crippen molar-refractivity contribution in [2.45, 2.75) is 18.9 Å². The topological polar surface area (TPSA) is 29.9 Å². The second kappa shape index (κ2) is 6.16. The molecule has 1 aromatic carbocycles. The summed E-state index contributed by atoms with van der Waals surface area (Å²) in [5.74, 6) is 0. The van der Waals surface area contributed by atoms with Gasteiger partial charge >= 0.3 is 0 Å². The van der Waals surface area contributed by atoms with Crippen LogP contribution in [0.1, 0.15) is 23.7 Å². The molecule has 1 N–H and O–H groups in total. The molecule has 0 spiro atoms. The summed E-state index contributed by atoms with van der Waals surface area (Å²) in [4.78, 5) is 0. The molecular formula is C14H18BrN3. The Kier molecular flexibility index (Phi) is 4.55. The number of benzene rings is 1. The van der Waals surface area contributed by atoms with Crippen molar-refractivity contribution in [3.05, 3.63) is 52.3 Å². The minimum absolute atomic E-state index is 0.357. The van der Waals surface area contributed by atoms with E-state index in [0.717, 1.165) is 17.3 Å². The molecule has 3 nitrogen and oxygen atoms in total. The van der Waals surface area contributed by atoms with Crippen molar-refractivity contribution in [1.82, 2.24) is 15.1 Å². The number of halogens is 1. The average Bonchev–Trinajstić information content (AvgIpc) is 2.78. The first-order valence-electron chi connectivity index (χ1n) is 6.11. The molecule has 96 valence electrons. The zero-order valence-electron chi connectivity index (χ0n) is 10.7. The van der Waals surface area contributed by atoms with E-state index in [0.29, 0.717) is 6.04 Å². The summed E-state index contributed by atoms with van der Waals surface area (Å²) in [5, 5.41) is 7.58. The Morgan fingerprint density at radius 2 is 2.11 bits per heavy atom. The first-order chi connectivity index (χ1) is 8.72. The molecule has 18 heavy (non-hydrogen) atoms. The van der Waals surface area contributed by atoms with Gasteiger partial charge in [0, 0.05) is 29.5 Å². The van der Waals surface area contributed by atoms with E-state index in [1.165, 1.54) is 11.3 Å². The van der Waals surface area contributed by atoms with Crippen LogP contribution in [0.25, 0.3) is 0 Å². The molecule has 1 atom stereocenters. The molecule has 4 heteroatoms. The van der Waals surface area contributed by atoms with Gasteiger partial charge in [0.25, 0.3) is 0 Å². The van der Waals surface area contributed by atoms with Crippen molar-refractivity contribution in [2.75, 3.05) is 7.05 Å². The van der Waals surface area contributed by atoms with Gasteiger partial charge < -0.3 is 5.32 Å². The maximum atomic E-state index is 4.20. The Morgan fingerprint density at radius 1 is 1.33 bits per heavy atom. The minimum Gasteiger partial charge on any atom is -0.313 e. The van der Waals surface area contributed by atoms with Crippen LogP contribution in [0.4, 0.5) is 0 Å². The van der Waals surface area contributed by atoms with Gasteiger partial charge in [-0.2, -0.15) is 5.10 Å². The van der Waals surface area contributed by atoms with Crippen LogP contribution in [0.3, 0.4) is 0 Å². The van der Waals surface area contributed by atoms with Crippen LogP contribution in [0.15, 0.2) is 41.0 Å². The van der Waals surface area contributed by atoms with Crippen molar-refractivity contribution < 1.29 is 0 Å². The molecule has 0 amide bonds. The van der Waals surface area contributed by atoms with Crippen LogP contribution in [0.2, 0.25) is 0 Å². The average molecular weight is 308 g/mol. The summed E-state index contributed by atoms with van der Waals surface area (Å²) in [5.41, 5.74) is 2.57. The number of hydrogen-bond acceptors (Lipinski definition) is 2. The van der Waals surface area contributed by atoms with E-state index in [1.807, 2.05) is 31.0 Å². The fraction of sp³-hybridized carbons (Fsp3) is 0.357. The Bertz CT molecular complexity index is 507. The van der Waals surface area contributed by atoms with Gasteiger partial charge in [-0.3, -0.25) is 4.68 Å². The van der Waals surface area contributed by atoms with Crippen molar-refractivity contribution in [2.24, 2.45) is 7.05 Å². The van der Waals surface area contributed by atoms with Gasteiger partial charge in [0.05, 0.1) is 0 Å². The summed E-state index contributed by atoms with van der Waals surface area (Å²) in [6, 6.07) is 10.8. The largest absolute Gasteiger partial charge is 0.313 e. The van der Waals surface area contributed by atoms with E-state index < -0.39 is 0 Å². The fourth-order valence-electron chi connectivity index (χ4n) is 2.15. The molecule has 1 unspecified atom stereocenters. The number of aromatic nitrogens is 2. The first-order valence-corrected chi connectivity index (χ1v) is 6.90. The molecule has 2 aromatic rings. The van der Waals surface area contributed by atoms with Gasteiger partial charge in [0.15, 0.2) is 0 Å². The molecule has 1 aromatic heterocycles. The van der Waals surface area contributed by atoms with Crippen molar-refractivity contribution >= 4 is 15.9 Å². The Labute approximate surface area is 116 Å². The number of rotatable bonds is 5. The van der Waals surface area contributed by atoms with Crippen LogP contribution in [0, 0.1) is 0 Å². The lowest BCUT2D eigenvalue weighted by Gasteiger charge is -2.18. The summed E-state index contributed by atoms with van der Waals surface area (Å²) in [7, 11) is 4.00. The predicted octanol–water partition coefficient (Wildman–Crippen LogP) is 3.08. The van der Waals surface area contributed by atoms with E-state index in [1.54, 1.807) is 0 Å². The summed E-state index contributed by atoms with van der Waals surface area (Å²) < 4.78 is 3.10. The van der Waals surface area contributed by atoms with Crippen molar-refractivity contribution in [1.29, 1.82) is 0 Å². The Hall–Kier alpha value is -1.13. The maximum Gasteiger partial charge on any atom is 0.0492 e. The van der Waals surface area contributed by atoms with Gasteiger partial charge in [0.1, 0.15) is 0 Å². The lowest BCUT2D eigenvalue weighted by atomic mass is 10.0. The van der Waals surface area contributed by atoms with E-state index >= 15 is 0 Å². The van der Waals surface area contributed by atoms with E-state index in [9.17, 15) is 0 Å². The van der Waals surface area contributed by atoms with Gasteiger partial charge in [0.2, 0.25) is 0 Å². The van der Waals surface area contributed by atoms with Gasteiger partial charge in [-0.15, -0.1) is 0 Å². The van der Waals surface area contributed by atoms with Crippen molar-refractivity contribution in [3.63, 3.8) is 0 Å². The molecule has 0 bridgehead atoms. The quantitative estimate of drug-likeness (QED) is 0.920.